The van der Waals surface area contributed by atoms with E-state index in [9.17, 15) is 4.79 Å². The molecule has 0 radical (unpaired) electrons. The van der Waals surface area contributed by atoms with Gasteiger partial charge in [-0.15, -0.1) is 0 Å². The minimum Gasteiger partial charge on any atom is -0.389 e. The first-order valence-electron chi connectivity index (χ1n) is 9.46. The van der Waals surface area contributed by atoms with Gasteiger partial charge in [0.05, 0.1) is 22.2 Å². The normalized spacial score (nSPS) is 16.4. The van der Waals surface area contributed by atoms with E-state index < -0.39 is 0 Å². The number of nitrogens with one attached hydrogen (secondary N) is 4. The predicted molar refractivity (Wildman–Crippen MR) is 114 cm³/mol. The number of H-pyrrole nitrogens is 2. The molecule has 1 aliphatic rings. The monoisotopic (exact) mass is 371 g/mol. The molecule has 2 aromatic carbocycles. The van der Waals surface area contributed by atoms with E-state index in [1.54, 1.807) is 0 Å². The van der Waals surface area contributed by atoms with Crippen molar-refractivity contribution in [3.63, 3.8) is 0 Å². The topological polar surface area (TPSA) is 85.6 Å². The van der Waals surface area contributed by atoms with E-state index in [1.165, 1.54) is 0 Å². The van der Waals surface area contributed by atoms with Crippen LogP contribution < -0.4 is 16.2 Å². The van der Waals surface area contributed by atoms with Gasteiger partial charge in [0.1, 0.15) is 11.4 Å². The van der Waals surface area contributed by atoms with Crippen LogP contribution in [0.25, 0.3) is 33.3 Å². The van der Waals surface area contributed by atoms with Gasteiger partial charge in [0.2, 0.25) is 0 Å². The zero-order valence-electron chi connectivity index (χ0n) is 15.5. The fourth-order valence-corrected chi connectivity index (χ4v) is 3.78. The summed E-state index contributed by atoms with van der Waals surface area (Å²) in [5.41, 5.74) is 4.92. The van der Waals surface area contributed by atoms with E-state index >= 15 is 0 Å². The van der Waals surface area contributed by atoms with Crippen molar-refractivity contribution >= 4 is 27.6 Å². The second-order valence-corrected chi connectivity index (χ2v) is 7.24. The third-order valence-electron chi connectivity index (χ3n) is 5.16. The molecule has 0 saturated heterocycles. The van der Waals surface area contributed by atoms with Gasteiger partial charge in [0.25, 0.3) is 5.56 Å². The fourth-order valence-electron chi connectivity index (χ4n) is 3.78. The number of para-hydroxylation sites is 2. The largest absolute Gasteiger partial charge is 0.389 e. The molecule has 1 atom stereocenters. The second kappa shape index (κ2) is 6.56. The quantitative estimate of drug-likeness (QED) is 0.443. The van der Waals surface area contributed by atoms with E-state index in [-0.39, 0.29) is 11.6 Å². The van der Waals surface area contributed by atoms with Crippen LogP contribution in [0.1, 0.15) is 12.0 Å². The van der Waals surface area contributed by atoms with Crippen LogP contribution in [0.15, 0.2) is 59.5 Å². The first-order chi connectivity index (χ1) is 13.7. The second-order valence-electron chi connectivity index (χ2n) is 7.24. The molecule has 4 aromatic rings. The Morgan fingerprint density at radius 1 is 1.11 bits per heavy atom. The summed E-state index contributed by atoms with van der Waals surface area (Å²) in [5.74, 6) is 0.577. The number of hydrogen-bond donors (Lipinski definition) is 4. The first-order valence-corrected chi connectivity index (χ1v) is 9.46. The first kappa shape index (κ1) is 16.6. The van der Waals surface area contributed by atoms with Crippen molar-refractivity contribution in [3.05, 3.63) is 70.7 Å². The summed E-state index contributed by atoms with van der Waals surface area (Å²) >= 11 is 0. The molecular formula is C22H21N5O. The van der Waals surface area contributed by atoms with Crippen molar-refractivity contribution in [1.82, 2.24) is 20.3 Å². The van der Waals surface area contributed by atoms with Crippen LogP contribution in [0.2, 0.25) is 0 Å². The minimum atomic E-state index is -0.155. The molecule has 6 heteroatoms. The number of aromatic nitrogens is 3. The summed E-state index contributed by atoms with van der Waals surface area (Å²) < 4.78 is 0. The zero-order chi connectivity index (χ0) is 19.1. The van der Waals surface area contributed by atoms with Gasteiger partial charge in [-0.05, 0) is 43.8 Å². The Kier molecular flexibility index (Phi) is 3.90. The molecule has 0 aliphatic carbocycles. The molecule has 28 heavy (non-hydrogen) atoms. The molecule has 4 N–H and O–H groups in total. The number of benzene rings is 2. The van der Waals surface area contributed by atoms with Crippen LogP contribution in [-0.2, 0) is 0 Å². The smallest absolute Gasteiger partial charge is 0.261 e. The van der Waals surface area contributed by atoms with Gasteiger partial charge in [-0.25, -0.2) is 4.98 Å². The summed E-state index contributed by atoms with van der Waals surface area (Å²) in [7, 11) is 0. The predicted octanol–water partition coefficient (Wildman–Crippen LogP) is 3.67. The summed E-state index contributed by atoms with van der Waals surface area (Å²) in [5, 5.41) is 7.86. The summed E-state index contributed by atoms with van der Waals surface area (Å²) in [4.78, 5) is 24.1. The summed E-state index contributed by atoms with van der Waals surface area (Å²) in [6.07, 6.45) is 4.97. The number of anilines is 1. The SMILES string of the molecule is Cc1ccc2[nH]c(=O)c(-c3nc4ccccc4[nH]3)c(N[C@H]3CC=CNC3)c2c1. The molecule has 3 heterocycles. The molecule has 0 fully saturated rings. The number of rotatable bonds is 3. The highest BCUT2D eigenvalue weighted by molar-refractivity contribution is 5.99. The van der Waals surface area contributed by atoms with E-state index in [4.69, 9.17) is 0 Å². The Bertz CT molecular complexity index is 1230. The molecule has 1 aliphatic heterocycles. The molecule has 2 aromatic heterocycles. The molecule has 5 rings (SSSR count). The average Bonchev–Trinajstić information content (AvgIpc) is 3.13. The molecule has 0 bridgehead atoms. The zero-order valence-corrected chi connectivity index (χ0v) is 15.5. The van der Waals surface area contributed by atoms with Gasteiger partial charge in [-0.2, -0.15) is 0 Å². The van der Waals surface area contributed by atoms with Gasteiger partial charge in [0, 0.05) is 18.0 Å². The molecular weight excluding hydrogens is 350 g/mol. The van der Waals surface area contributed by atoms with Crippen molar-refractivity contribution in [3.8, 4) is 11.4 Å². The Hall–Kier alpha value is -3.54. The fraction of sp³-hybridized carbons (Fsp3) is 0.182. The lowest BCUT2D eigenvalue weighted by atomic mass is 10.0. The van der Waals surface area contributed by atoms with Crippen molar-refractivity contribution in [1.29, 1.82) is 0 Å². The maximum atomic E-state index is 13.1. The molecule has 0 unspecified atom stereocenters. The number of pyridine rings is 1. The van der Waals surface area contributed by atoms with Crippen LogP contribution in [0.3, 0.4) is 0 Å². The Balaban J connectivity index is 1.76. The Morgan fingerprint density at radius 3 is 2.82 bits per heavy atom. The van der Waals surface area contributed by atoms with Crippen LogP contribution in [0, 0.1) is 6.92 Å². The average molecular weight is 371 g/mol. The van der Waals surface area contributed by atoms with E-state index in [2.05, 4.69) is 44.7 Å². The number of aryl methyl sites for hydroxylation is 1. The van der Waals surface area contributed by atoms with Crippen molar-refractivity contribution in [2.75, 3.05) is 11.9 Å². The van der Waals surface area contributed by atoms with Gasteiger partial charge >= 0.3 is 0 Å². The van der Waals surface area contributed by atoms with Gasteiger partial charge < -0.3 is 20.6 Å². The van der Waals surface area contributed by atoms with Crippen LogP contribution in [-0.4, -0.2) is 27.5 Å². The third-order valence-corrected chi connectivity index (χ3v) is 5.16. The minimum absolute atomic E-state index is 0.155. The number of aromatic amines is 2. The van der Waals surface area contributed by atoms with E-state index in [0.717, 1.165) is 46.2 Å². The van der Waals surface area contributed by atoms with Gasteiger partial charge in [-0.3, -0.25) is 4.79 Å². The molecule has 6 nitrogen and oxygen atoms in total. The maximum Gasteiger partial charge on any atom is 0.261 e. The number of fused-ring (bicyclic) bond motifs is 2. The summed E-state index contributed by atoms with van der Waals surface area (Å²) in [6.45, 7) is 2.86. The molecule has 0 amide bonds. The molecule has 0 saturated carbocycles. The van der Waals surface area contributed by atoms with Crippen molar-refractivity contribution in [2.45, 2.75) is 19.4 Å². The lowest BCUT2D eigenvalue weighted by Crippen LogP contribution is -2.33. The number of hydrogen-bond acceptors (Lipinski definition) is 4. The van der Waals surface area contributed by atoms with Gasteiger partial charge in [-0.1, -0.05) is 29.8 Å². The lowest BCUT2D eigenvalue weighted by Gasteiger charge is -2.24. The van der Waals surface area contributed by atoms with Gasteiger partial charge in [0.15, 0.2) is 0 Å². The van der Waals surface area contributed by atoms with Crippen molar-refractivity contribution < 1.29 is 0 Å². The van der Waals surface area contributed by atoms with Crippen molar-refractivity contribution in [2.24, 2.45) is 0 Å². The van der Waals surface area contributed by atoms with Crippen LogP contribution in [0.4, 0.5) is 5.69 Å². The van der Waals surface area contributed by atoms with E-state index in [0.29, 0.717) is 11.4 Å². The van der Waals surface area contributed by atoms with Crippen LogP contribution >= 0.6 is 0 Å². The standard InChI is InChI=1S/C22H21N5O/c1-13-8-9-16-15(11-13)20(24-14-5-4-10-23-12-14)19(22(28)27-16)21-25-17-6-2-3-7-18(17)26-21/h2-4,6-11,14,23H,5,12H2,1H3,(H,25,26)(H2,24,27,28)/t14-/m0/s1. The number of nitrogens with zero attached hydrogens (tertiary/aromatic N) is 1. The Labute approximate surface area is 161 Å². The third kappa shape index (κ3) is 2.83. The highest BCUT2D eigenvalue weighted by Gasteiger charge is 2.20. The molecule has 140 valence electrons. The number of imidazole rings is 1. The highest BCUT2D eigenvalue weighted by atomic mass is 16.1. The molecule has 0 spiro atoms. The van der Waals surface area contributed by atoms with E-state index in [1.807, 2.05) is 42.6 Å². The summed E-state index contributed by atoms with van der Waals surface area (Å²) in [6, 6.07) is 14.1. The highest BCUT2D eigenvalue weighted by Crippen LogP contribution is 2.32. The lowest BCUT2D eigenvalue weighted by molar-refractivity contribution is 0.651. The Morgan fingerprint density at radius 2 is 2.00 bits per heavy atom. The maximum absolute atomic E-state index is 13.1. The van der Waals surface area contributed by atoms with Crippen LogP contribution in [0.5, 0.6) is 0 Å².